The molecule has 1 heterocycles. The van der Waals surface area contributed by atoms with Crippen LogP contribution in [0.3, 0.4) is 0 Å². The summed E-state index contributed by atoms with van der Waals surface area (Å²) in [5, 5.41) is 6.83. The number of hydrogen-bond donors (Lipinski definition) is 1. The van der Waals surface area contributed by atoms with Gasteiger partial charge in [0.15, 0.2) is 0 Å². The van der Waals surface area contributed by atoms with Crippen LogP contribution in [-0.2, 0) is 5.75 Å². The van der Waals surface area contributed by atoms with Crippen LogP contribution in [0.5, 0.6) is 0 Å². The van der Waals surface area contributed by atoms with E-state index in [1.165, 1.54) is 42.0 Å². The van der Waals surface area contributed by atoms with Gasteiger partial charge in [-0.2, -0.15) is 21.5 Å². The summed E-state index contributed by atoms with van der Waals surface area (Å²) in [5.41, 5.74) is 1.86. The molecule has 1 N–H and O–H groups in total. The second-order valence-electron chi connectivity index (χ2n) is 5.53. The molecule has 0 unspecified atom stereocenters. The van der Waals surface area contributed by atoms with E-state index < -0.39 is 17.3 Å². The van der Waals surface area contributed by atoms with Gasteiger partial charge in [0.1, 0.15) is 11.5 Å². The molecule has 26 heavy (non-hydrogen) atoms. The van der Waals surface area contributed by atoms with Crippen molar-refractivity contribution in [2.45, 2.75) is 5.75 Å². The molecule has 3 rings (SSSR count). The van der Waals surface area contributed by atoms with E-state index in [4.69, 9.17) is 0 Å². The summed E-state index contributed by atoms with van der Waals surface area (Å²) in [6.07, 6.45) is 2.03. The summed E-state index contributed by atoms with van der Waals surface area (Å²) >= 11 is 1.72. The number of halogens is 1. The van der Waals surface area contributed by atoms with E-state index in [9.17, 15) is 14.0 Å². The Morgan fingerprint density at radius 2 is 1.77 bits per heavy atom. The lowest BCUT2D eigenvalue weighted by molar-refractivity contribution is 0.102. The van der Waals surface area contributed by atoms with E-state index in [1.54, 1.807) is 11.8 Å². The standard InChI is InChI=1S/C19H16FN3O2S/c1-26-12-13-2-6-15(7-3-13)21-19(25)17-10-11-18(24)23(22-17)16-8-4-14(20)5-9-16/h2-11H,12H2,1H3,(H,21,25). The van der Waals surface area contributed by atoms with Crippen molar-refractivity contribution in [3.05, 3.63) is 88.1 Å². The highest BCUT2D eigenvalue weighted by Gasteiger charge is 2.11. The summed E-state index contributed by atoms with van der Waals surface area (Å²) in [7, 11) is 0. The van der Waals surface area contributed by atoms with Gasteiger partial charge in [-0.3, -0.25) is 9.59 Å². The predicted octanol–water partition coefficient (Wildman–Crippen LogP) is 3.49. The molecule has 0 aliphatic heterocycles. The molecule has 0 spiro atoms. The number of rotatable bonds is 5. The minimum absolute atomic E-state index is 0.0853. The predicted molar refractivity (Wildman–Crippen MR) is 101 cm³/mol. The first-order valence-corrected chi connectivity index (χ1v) is 9.22. The van der Waals surface area contributed by atoms with Crippen molar-refractivity contribution in [1.29, 1.82) is 0 Å². The molecule has 0 radical (unpaired) electrons. The Labute approximate surface area is 153 Å². The highest BCUT2D eigenvalue weighted by Crippen LogP contribution is 2.14. The van der Waals surface area contributed by atoms with Crippen LogP contribution in [0.25, 0.3) is 5.69 Å². The van der Waals surface area contributed by atoms with Gasteiger partial charge >= 0.3 is 0 Å². The van der Waals surface area contributed by atoms with Crippen molar-refractivity contribution < 1.29 is 9.18 Å². The largest absolute Gasteiger partial charge is 0.321 e. The van der Waals surface area contributed by atoms with Crippen LogP contribution in [-0.4, -0.2) is 21.9 Å². The summed E-state index contributed by atoms with van der Waals surface area (Å²) in [6.45, 7) is 0. The number of thioether (sulfide) groups is 1. The Kier molecular flexibility index (Phi) is 5.48. The van der Waals surface area contributed by atoms with Crippen LogP contribution in [0.15, 0.2) is 65.5 Å². The molecule has 7 heteroatoms. The van der Waals surface area contributed by atoms with Gasteiger partial charge in [-0.25, -0.2) is 4.39 Å². The molecule has 0 fully saturated rings. The van der Waals surface area contributed by atoms with E-state index in [2.05, 4.69) is 10.4 Å². The molecule has 132 valence electrons. The maximum Gasteiger partial charge on any atom is 0.276 e. The van der Waals surface area contributed by atoms with Crippen LogP contribution >= 0.6 is 11.8 Å². The molecule has 5 nitrogen and oxygen atoms in total. The number of carbonyl (C=O) groups is 1. The Hall–Kier alpha value is -2.93. The van der Waals surface area contributed by atoms with Gasteiger partial charge in [-0.1, -0.05) is 12.1 Å². The first-order valence-electron chi connectivity index (χ1n) is 7.82. The summed E-state index contributed by atoms with van der Waals surface area (Å²) in [5.74, 6) is 0.0531. The normalized spacial score (nSPS) is 10.5. The molecule has 1 aromatic heterocycles. The molecule has 3 aromatic rings. The third-order valence-corrected chi connectivity index (χ3v) is 4.25. The monoisotopic (exact) mass is 369 g/mol. The SMILES string of the molecule is CSCc1ccc(NC(=O)c2ccc(=O)n(-c3ccc(F)cc3)n2)cc1. The second kappa shape index (κ2) is 7.97. The van der Waals surface area contributed by atoms with Crippen molar-refractivity contribution in [3.63, 3.8) is 0 Å². The van der Waals surface area contributed by atoms with Gasteiger partial charge in [-0.15, -0.1) is 0 Å². The number of carbonyl (C=O) groups excluding carboxylic acids is 1. The number of nitrogens with one attached hydrogen (secondary N) is 1. The Morgan fingerprint density at radius 3 is 2.42 bits per heavy atom. The number of aromatic nitrogens is 2. The fraction of sp³-hybridized carbons (Fsp3) is 0.105. The molecular formula is C19H16FN3O2S. The quantitative estimate of drug-likeness (QED) is 0.748. The minimum Gasteiger partial charge on any atom is -0.321 e. The van der Waals surface area contributed by atoms with Crippen molar-refractivity contribution in [2.75, 3.05) is 11.6 Å². The number of amides is 1. The minimum atomic E-state index is -0.432. The van der Waals surface area contributed by atoms with Gasteiger partial charge in [-0.05, 0) is 54.3 Å². The van der Waals surface area contributed by atoms with E-state index >= 15 is 0 Å². The van der Waals surface area contributed by atoms with Crippen LogP contribution in [0.2, 0.25) is 0 Å². The van der Waals surface area contributed by atoms with Gasteiger partial charge < -0.3 is 5.32 Å². The number of nitrogens with zero attached hydrogens (tertiary/aromatic N) is 2. The molecule has 1 amide bonds. The lowest BCUT2D eigenvalue weighted by atomic mass is 10.2. The second-order valence-corrected chi connectivity index (χ2v) is 6.40. The average Bonchev–Trinajstić information content (AvgIpc) is 2.65. The fourth-order valence-electron chi connectivity index (χ4n) is 2.35. The summed E-state index contributed by atoms with van der Waals surface area (Å²) in [6, 6.07) is 15.5. The molecule has 2 aromatic carbocycles. The van der Waals surface area contributed by atoms with Crippen LogP contribution in [0, 0.1) is 5.82 Å². The van der Waals surface area contributed by atoms with Crippen molar-refractivity contribution >= 4 is 23.4 Å². The number of anilines is 1. The van der Waals surface area contributed by atoms with Gasteiger partial charge in [0.2, 0.25) is 0 Å². The zero-order chi connectivity index (χ0) is 18.5. The molecule has 0 aliphatic carbocycles. The third kappa shape index (κ3) is 4.18. The molecular weight excluding hydrogens is 353 g/mol. The maximum absolute atomic E-state index is 13.1. The highest BCUT2D eigenvalue weighted by atomic mass is 32.2. The number of hydrogen-bond acceptors (Lipinski definition) is 4. The topological polar surface area (TPSA) is 64.0 Å². The van der Waals surface area contributed by atoms with E-state index in [0.717, 1.165) is 10.4 Å². The van der Waals surface area contributed by atoms with Gasteiger partial charge in [0.25, 0.3) is 11.5 Å². The lowest BCUT2D eigenvalue weighted by Crippen LogP contribution is -2.24. The fourth-order valence-corrected chi connectivity index (χ4v) is 2.87. The molecule has 0 bridgehead atoms. The van der Waals surface area contributed by atoms with Crippen molar-refractivity contribution in [3.8, 4) is 5.69 Å². The first-order chi connectivity index (χ1) is 12.6. The van der Waals surface area contributed by atoms with Gasteiger partial charge in [0.05, 0.1) is 5.69 Å². The lowest BCUT2D eigenvalue weighted by Gasteiger charge is -2.08. The average molecular weight is 369 g/mol. The summed E-state index contributed by atoms with van der Waals surface area (Å²) in [4.78, 5) is 24.4. The van der Waals surface area contributed by atoms with Crippen molar-refractivity contribution in [2.24, 2.45) is 0 Å². The molecule has 0 atom stereocenters. The Bertz CT molecular complexity index is 969. The third-order valence-electron chi connectivity index (χ3n) is 3.63. The highest BCUT2D eigenvalue weighted by molar-refractivity contribution is 7.97. The zero-order valence-electron chi connectivity index (χ0n) is 14.0. The molecule has 0 saturated heterocycles. The molecule has 0 aliphatic rings. The zero-order valence-corrected chi connectivity index (χ0v) is 14.8. The first kappa shape index (κ1) is 17.9. The van der Waals surface area contributed by atoms with E-state index in [-0.39, 0.29) is 5.69 Å². The molecule has 0 saturated carbocycles. The maximum atomic E-state index is 13.1. The Balaban J connectivity index is 1.82. The summed E-state index contributed by atoms with van der Waals surface area (Å²) < 4.78 is 14.1. The Morgan fingerprint density at radius 1 is 1.08 bits per heavy atom. The van der Waals surface area contributed by atoms with Gasteiger partial charge in [0, 0.05) is 17.5 Å². The number of benzene rings is 2. The van der Waals surface area contributed by atoms with Crippen molar-refractivity contribution in [1.82, 2.24) is 9.78 Å². The van der Waals surface area contributed by atoms with Crippen LogP contribution in [0.1, 0.15) is 16.1 Å². The smallest absolute Gasteiger partial charge is 0.276 e. The van der Waals surface area contributed by atoms with E-state index in [0.29, 0.717) is 11.4 Å². The van der Waals surface area contributed by atoms with Crippen LogP contribution in [0.4, 0.5) is 10.1 Å². The van der Waals surface area contributed by atoms with Crippen LogP contribution < -0.4 is 10.9 Å². The van der Waals surface area contributed by atoms with E-state index in [1.807, 2.05) is 30.5 Å².